The minimum absolute atomic E-state index is 0.230. The first kappa shape index (κ1) is 16.5. The minimum atomic E-state index is -0.830. The van der Waals surface area contributed by atoms with Crippen LogP contribution < -0.4 is 0 Å². The van der Waals surface area contributed by atoms with Crippen LogP contribution in [-0.4, -0.2) is 34.0 Å². The Hall–Kier alpha value is -2.01. The molecule has 0 bridgehead atoms. The average molecular weight is 375 g/mol. The van der Waals surface area contributed by atoms with Gasteiger partial charge in [-0.15, -0.1) is 0 Å². The highest BCUT2D eigenvalue weighted by atomic mass is 35.5. The summed E-state index contributed by atoms with van der Waals surface area (Å²) in [5, 5.41) is 11.7. The zero-order valence-corrected chi connectivity index (χ0v) is 15.0. The number of hydrogen-bond acceptors (Lipinski definition) is 2. The van der Waals surface area contributed by atoms with E-state index in [-0.39, 0.29) is 6.04 Å². The molecule has 0 unspecified atom stereocenters. The first-order valence-corrected chi connectivity index (χ1v) is 8.72. The number of likely N-dealkylation sites (N-methyl/N-ethyl adjacent to an activating group) is 1. The molecule has 1 aliphatic heterocycles. The second-order valence-electron chi connectivity index (χ2n) is 6.36. The molecule has 2 heterocycles. The number of hydrogen-bond donors (Lipinski definition) is 2. The van der Waals surface area contributed by atoms with E-state index in [0.29, 0.717) is 16.5 Å². The minimum Gasteiger partial charge on any atom is -0.480 e. The summed E-state index contributed by atoms with van der Waals surface area (Å²) in [6, 6.07) is 12.6. The standard InChI is InChI=1S/C19H16Cl2N2O2/c1-23-16(19(24)25)9-12-11-4-2-3-5-15(11)22-17(12)18(23)10-6-7-13(20)14(21)8-10/h2-8,16,18,22H,9H2,1H3,(H,24,25)/t16-,18+/m1/s1. The summed E-state index contributed by atoms with van der Waals surface area (Å²) >= 11 is 12.3. The molecule has 0 radical (unpaired) electrons. The van der Waals surface area contributed by atoms with Crippen molar-refractivity contribution in [2.75, 3.05) is 7.05 Å². The number of carbonyl (C=O) groups is 1. The second-order valence-corrected chi connectivity index (χ2v) is 7.18. The van der Waals surface area contributed by atoms with Crippen molar-refractivity contribution < 1.29 is 9.90 Å². The van der Waals surface area contributed by atoms with E-state index >= 15 is 0 Å². The summed E-state index contributed by atoms with van der Waals surface area (Å²) < 4.78 is 0. The third kappa shape index (κ3) is 2.61. The fourth-order valence-corrected chi connectivity index (χ4v) is 4.05. The normalized spacial score (nSPS) is 20.6. The van der Waals surface area contributed by atoms with Crippen LogP contribution in [0.3, 0.4) is 0 Å². The van der Waals surface area contributed by atoms with Crippen LogP contribution in [0.2, 0.25) is 10.0 Å². The molecule has 0 saturated carbocycles. The Morgan fingerprint density at radius 3 is 2.68 bits per heavy atom. The van der Waals surface area contributed by atoms with E-state index in [9.17, 15) is 9.90 Å². The summed E-state index contributed by atoms with van der Waals surface area (Å²) in [4.78, 5) is 17.2. The molecule has 4 rings (SSSR count). The number of nitrogens with zero attached hydrogens (tertiary/aromatic N) is 1. The van der Waals surface area contributed by atoms with Crippen molar-refractivity contribution in [2.24, 2.45) is 0 Å². The fraction of sp³-hybridized carbons (Fsp3) is 0.211. The van der Waals surface area contributed by atoms with Crippen LogP contribution in [-0.2, 0) is 11.2 Å². The maximum atomic E-state index is 11.8. The van der Waals surface area contributed by atoms with E-state index in [1.165, 1.54) is 0 Å². The number of halogens is 2. The number of para-hydroxylation sites is 1. The molecule has 4 nitrogen and oxygen atoms in total. The highest BCUT2D eigenvalue weighted by Gasteiger charge is 2.38. The molecule has 0 spiro atoms. The Morgan fingerprint density at radius 1 is 1.20 bits per heavy atom. The molecular formula is C19H16Cl2N2O2. The number of aromatic amines is 1. The molecule has 1 aromatic heterocycles. The van der Waals surface area contributed by atoms with Gasteiger partial charge in [-0.05, 0) is 36.4 Å². The van der Waals surface area contributed by atoms with Gasteiger partial charge in [0.25, 0.3) is 0 Å². The van der Waals surface area contributed by atoms with Crippen molar-refractivity contribution in [3.8, 4) is 0 Å². The van der Waals surface area contributed by atoms with Crippen LogP contribution in [0.25, 0.3) is 10.9 Å². The number of carboxylic acids is 1. The van der Waals surface area contributed by atoms with Gasteiger partial charge in [0.1, 0.15) is 6.04 Å². The SMILES string of the molecule is CN1[C@@H](c2ccc(Cl)c(Cl)c2)c2[nH]c3ccccc3c2C[C@@H]1C(=O)O. The van der Waals surface area contributed by atoms with E-state index in [1.54, 1.807) is 6.07 Å². The molecule has 6 heteroatoms. The summed E-state index contributed by atoms with van der Waals surface area (Å²) in [7, 11) is 1.83. The Kier molecular flexibility index (Phi) is 3.99. The number of aliphatic carboxylic acids is 1. The van der Waals surface area contributed by atoms with Gasteiger partial charge < -0.3 is 10.1 Å². The van der Waals surface area contributed by atoms with E-state index in [1.807, 2.05) is 48.3 Å². The number of fused-ring (bicyclic) bond motifs is 3. The number of aromatic nitrogens is 1. The van der Waals surface area contributed by atoms with Crippen LogP contribution in [0, 0.1) is 0 Å². The van der Waals surface area contributed by atoms with E-state index < -0.39 is 12.0 Å². The third-order valence-electron chi connectivity index (χ3n) is 4.96. The van der Waals surface area contributed by atoms with E-state index in [0.717, 1.165) is 27.7 Å². The summed E-state index contributed by atoms with van der Waals surface area (Å²) in [6.07, 6.45) is 0.461. The molecule has 0 aliphatic carbocycles. The van der Waals surface area contributed by atoms with Crippen LogP contribution >= 0.6 is 23.2 Å². The highest BCUT2D eigenvalue weighted by molar-refractivity contribution is 6.42. The van der Waals surface area contributed by atoms with Crippen LogP contribution in [0.5, 0.6) is 0 Å². The average Bonchev–Trinajstić information content (AvgIpc) is 2.95. The first-order chi connectivity index (χ1) is 12.0. The predicted octanol–water partition coefficient (Wildman–Crippen LogP) is 4.51. The lowest BCUT2D eigenvalue weighted by atomic mass is 9.88. The summed E-state index contributed by atoms with van der Waals surface area (Å²) in [6.45, 7) is 0. The summed E-state index contributed by atoms with van der Waals surface area (Å²) in [5.41, 5.74) is 3.99. The van der Waals surface area contributed by atoms with Gasteiger partial charge in [0.05, 0.1) is 16.1 Å². The predicted molar refractivity (Wildman–Crippen MR) is 99.5 cm³/mol. The van der Waals surface area contributed by atoms with Crippen molar-refractivity contribution in [3.05, 3.63) is 69.3 Å². The molecule has 3 aromatic rings. The Morgan fingerprint density at radius 2 is 1.96 bits per heavy atom. The Labute approximate surface area is 155 Å². The van der Waals surface area contributed by atoms with Gasteiger partial charge >= 0.3 is 5.97 Å². The lowest BCUT2D eigenvalue weighted by Gasteiger charge is -2.37. The topological polar surface area (TPSA) is 56.3 Å². The highest BCUT2D eigenvalue weighted by Crippen LogP contribution is 2.41. The number of nitrogens with one attached hydrogen (secondary N) is 1. The molecule has 128 valence electrons. The molecule has 2 aromatic carbocycles. The first-order valence-electron chi connectivity index (χ1n) is 7.96. The molecular weight excluding hydrogens is 359 g/mol. The van der Waals surface area contributed by atoms with Crippen molar-refractivity contribution in [1.82, 2.24) is 9.88 Å². The van der Waals surface area contributed by atoms with Gasteiger partial charge in [-0.3, -0.25) is 9.69 Å². The van der Waals surface area contributed by atoms with Crippen LogP contribution in [0.4, 0.5) is 0 Å². The monoisotopic (exact) mass is 374 g/mol. The number of carboxylic acid groups (broad SMARTS) is 1. The van der Waals surface area contributed by atoms with Gasteiger partial charge in [-0.2, -0.15) is 0 Å². The molecule has 1 aliphatic rings. The lowest BCUT2D eigenvalue weighted by Crippen LogP contribution is -2.46. The Balaban J connectivity index is 1.95. The molecule has 0 saturated heterocycles. The maximum absolute atomic E-state index is 11.8. The maximum Gasteiger partial charge on any atom is 0.321 e. The number of benzene rings is 2. The van der Waals surface area contributed by atoms with Crippen molar-refractivity contribution >= 4 is 40.1 Å². The smallest absolute Gasteiger partial charge is 0.321 e. The van der Waals surface area contributed by atoms with Gasteiger partial charge in [-0.25, -0.2) is 0 Å². The van der Waals surface area contributed by atoms with Gasteiger partial charge in [0, 0.05) is 23.0 Å². The lowest BCUT2D eigenvalue weighted by molar-refractivity contribution is -0.143. The number of H-pyrrole nitrogens is 1. The van der Waals surface area contributed by atoms with Crippen molar-refractivity contribution in [1.29, 1.82) is 0 Å². The molecule has 0 fully saturated rings. The molecule has 0 amide bonds. The zero-order valence-electron chi connectivity index (χ0n) is 13.5. The van der Waals surface area contributed by atoms with Crippen LogP contribution in [0.15, 0.2) is 42.5 Å². The fourth-order valence-electron chi connectivity index (χ4n) is 3.74. The van der Waals surface area contributed by atoms with Gasteiger partial charge in [-0.1, -0.05) is 47.5 Å². The molecule has 2 N–H and O–H groups in total. The van der Waals surface area contributed by atoms with Crippen molar-refractivity contribution in [3.63, 3.8) is 0 Å². The van der Waals surface area contributed by atoms with E-state index in [2.05, 4.69) is 4.98 Å². The van der Waals surface area contributed by atoms with Gasteiger partial charge in [0.2, 0.25) is 0 Å². The van der Waals surface area contributed by atoms with Gasteiger partial charge in [0.15, 0.2) is 0 Å². The second kappa shape index (κ2) is 6.06. The quantitative estimate of drug-likeness (QED) is 0.693. The van der Waals surface area contributed by atoms with Crippen LogP contribution in [0.1, 0.15) is 22.9 Å². The number of rotatable bonds is 2. The Bertz CT molecular complexity index is 983. The third-order valence-corrected chi connectivity index (χ3v) is 5.70. The van der Waals surface area contributed by atoms with E-state index in [4.69, 9.17) is 23.2 Å². The van der Waals surface area contributed by atoms with Crippen molar-refractivity contribution in [2.45, 2.75) is 18.5 Å². The largest absolute Gasteiger partial charge is 0.480 e. The zero-order chi connectivity index (χ0) is 17.7. The molecule has 2 atom stereocenters. The molecule has 25 heavy (non-hydrogen) atoms. The summed E-state index contributed by atoms with van der Waals surface area (Å²) in [5.74, 6) is -0.830.